The van der Waals surface area contributed by atoms with Gasteiger partial charge in [0, 0.05) is 32.3 Å². The monoisotopic (exact) mass is 344 g/mol. The minimum Gasteiger partial charge on any atom is -0.384 e. The molecule has 8 heteroatoms. The van der Waals surface area contributed by atoms with Gasteiger partial charge in [0.1, 0.15) is 18.5 Å². The van der Waals surface area contributed by atoms with Crippen molar-refractivity contribution in [1.82, 2.24) is 24.6 Å². The summed E-state index contributed by atoms with van der Waals surface area (Å²) >= 11 is 0. The van der Waals surface area contributed by atoms with Crippen molar-refractivity contribution in [3.63, 3.8) is 0 Å². The van der Waals surface area contributed by atoms with Crippen molar-refractivity contribution in [3.05, 3.63) is 36.5 Å². The lowest BCUT2D eigenvalue weighted by atomic mass is 10.1. The van der Waals surface area contributed by atoms with Crippen LogP contribution < -0.4 is 5.73 Å². The average molecular weight is 344 g/mol. The van der Waals surface area contributed by atoms with Crippen molar-refractivity contribution in [2.45, 2.75) is 38.3 Å². The number of rotatable bonds is 7. The smallest absolute Gasteiger partial charge is 0.222 e. The van der Waals surface area contributed by atoms with E-state index in [0.717, 1.165) is 24.8 Å². The van der Waals surface area contributed by atoms with E-state index in [1.165, 1.54) is 6.33 Å². The number of pyridine rings is 1. The number of hydrogen-bond acceptors (Lipinski definition) is 6. The summed E-state index contributed by atoms with van der Waals surface area (Å²) in [5, 5.41) is 4.04. The number of nitrogens with zero attached hydrogens (tertiary/aromatic N) is 5. The van der Waals surface area contributed by atoms with E-state index >= 15 is 0 Å². The molecule has 1 aliphatic rings. The molecule has 0 aromatic carbocycles. The average Bonchev–Trinajstić information content (AvgIpc) is 3.14. The molecule has 0 bridgehead atoms. The molecule has 8 nitrogen and oxygen atoms in total. The number of aromatic nitrogens is 4. The third-order valence-corrected chi connectivity index (χ3v) is 4.34. The summed E-state index contributed by atoms with van der Waals surface area (Å²) in [4.78, 5) is 22.2. The van der Waals surface area contributed by atoms with Gasteiger partial charge in [-0.15, -0.1) is 0 Å². The fourth-order valence-corrected chi connectivity index (χ4v) is 3.00. The highest BCUT2D eigenvalue weighted by Crippen LogP contribution is 2.14. The number of carbonyl (C=O) groups is 1. The maximum atomic E-state index is 12.4. The predicted molar refractivity (Wildman–Crippen MR) is 92.5 cm³/mol. The zero-order valence-electron chi connectivity index (χ0n) is 14.3. The van der Waals surface area contributed by atoms with Crippen LogP contribution in [0.4, 0.5) is 5.82 Å². The van der Waals surface area contributed by atoms with Gasteiger partial charge in [0.05, 0.1) is 12.7 Å². The molecule has 0 unspecified atom stereocenters. The Hall–Kier alpha value is -2.48. The topological polar surface area (TPSA) is 99.2 Å². The Kier molecular flexibility index (Phi) is 5.95. The molecule has 3 heterocycles. The highest BCUT2D eigenvalue weighted by atomic mass is 16.5. The molecule has 0 spiro atoms. The van der Waals surface area contributed by atoms with Gasteiger partial charge in [-0.2, -0.15) is 5.10 Å². The van der Waals surface area contributed by atoms with Crippen LogP contribution in [0, 0.1) is 0 Å². The van der Waals surface area contributed by atoms with Crippen LogP contribution >= 0.6 is 0 Å². The maximum Gasteiger partial charge on any atom is 0.222 e. The number of hydrogen-bond donors (Lipinski definition) is 1. The molecule has 2 N–H and O–H groups in total. The number of nitrogens with two attached hydrogens (primary N) is 1. The van der Waals surface area contributed by atoms with Crippen LogP contribution in [0.15, 0.2) is 31.0 Å². The van der Waals surface area contributed by atoms with Crippen LogP contribution in [0.25, 0.3) is 0 Å². The summed E-state index contributed by atoms with van der Waals surface area (Å²) in [6.45, 7) is 2.63. The standard InChI is InChI=1S/C17H24N6O2/c18-16-10-14(5-6-20-16)3-4-15-11-22(8-9-25-15)17(24)2-1-7-23-13-19-12-21-23/h5-6,10,12-13,15H,1-4,7-9,11H2,(H2,18,20)/t15-/m0/s1. The summed E-state index contributed by atoms with van der Waals surface area (Å²) in [7, 11) is 0. The first kappa shape index (κ1) is 17.3. The normalized spacial score (nSPS) is 17.6. The zero-order valence-corrected chi connectivity index (χ0v) is 14.3. The number of nitrogen functional groups attached to an aromatic ring is 1. The molecule has 2 aromatic rings. The van der Waals surface area contributed by atoms with E-state index in [9.17, 15) is 4.79 Å². The summed E-state index contributed by atoms with van der Waals surface area (Å²) in [6.07, 6.45) is 7.98. The molecule has 1 atom stereocenters. The first-order valence-electron chi connectivity index (χ1n) is 8.63. The molecule has 1 aliphatic heterocycles. The van der Waals surface area contributed by atoms with E-state index in [1.54, 1.807) is 17.2 Å². The molecule has 1 saturated heterocycles. The van der Waals surface area contributed by atoms with E-state index in [4.69, 9.17) is 10.5 Å². The number of morpholine rings is 1. The SMILES string of the molecule is Nc1cc(CC[C@H]2CN(C(=O)CCCn3cncn3)CCO2)ccn1. The summed E-state index contributed by atoms with van der Waals surface area (Å²) < 4.78 is 7.56. The van der Waals surface area contributed by atoms with Crippen LogP contribution in [0.3, 0.4) is 0 Å². The zero-order chi connectivity index (χ0) is 17.5. The Morgan fingerprint density at radius 2 is 2.36 bits per heavy atom. The molecule has 1 fully saturated rings. The number of carbonyl (C=O) groups excluding carboxylic acids is 1. The molecule has 25 heavy (non-hydrogen) atoms. The molecular formula is C17H24N6O2. The molecule has 3 rings (SSSR count). The van der Waals surface area contributed by atoms with Crippen molar-refractivity contribution >= 4 is 11.7 Å². The lowest BCUT2D eigenvalue weighted by Crippen LogP contribution is -2.45. The minimum absolute atomic E-state index is 0.0717. The Labute approximate surface area is 147 Å². The van der Waals surface area contributed by atoms with Gasteiger partial charge in [-0.25, -0.2) is 9.97 Å². The molecule has 134 valence electrons. The van der Waals surface area contributed by atoms with Crippen molar-refractivity contribution in [3.8, 4) is 0 Å². The maximum absolute atomic E-state index is 12.4. The van der Waals surface area contributed by atoms with Gasteiger partial charge in [-0.1, -0.05) is 0 Å². The summed E-state index contributed by atoms with van der Waals surface area (Å²) in [5.41, 5.74) is 6.85. The van der Waals surface area contributed by atoms with Gasteiger partial charge in [0.25, 0.3) is 0 Å². The minimum atomic E-state index is 0.0717. The van der Waals surface area contributed by atoms with Crippen LogP contribution in [0.2, 0.25) is 0 Å². The van der Waals surface area contributed by atoms with Gasteiger partial charge in [-0.3, -0.25) is 9.48 Å². The van der Waals surface area contributed by atoms with Crippen molar-refractivity contribution in [2.75, 3.05) is 25.4 Å². The van der Waals surface area contributed by atoms with Crippen molar-refractivity contribution < 1.29 is 9.53 Å². The predicted octanol–water partition coefficient (Wildman–Crippen LogP) is 0.896. The van der Waals surface area contributed by atoms with Crippen molar-refractivity contribution in [2.24, 2.45) is 0 Å². The molecule has 2 aromatic heterocycles. The van der Waals surface area contributed by atoms with E-state index in [0.29, 0.717) is 38.5 Å². The number of ether oxygens (including phenoxy) is 1. The van der Waals surface area contributed by atoms with Gasteiger partial charge in [0.15, 0.2) is 0 Å². The Morgan fingerprint density at radius 3 is 3.16 bits per heavy atom. The highest BCUT2D eigenvalue weighted by molar-refractivity contribution is 5.76. The van der Waals surface area contributed by atoms with Crippen LogP contribution in [-0.2, 0) is 22.5 Å². The van der Waals surface area contributed by atoms with E-state index in [-0.39, 0.29) is 12.0 Å². The number of aryl methyl sites for hydroxylation is 2. The Morgan fingerprint density at radius 1 is 1.44 bits per heavy atom. The second-order valence-corrected chi connectivity index (χ2v) is 6.22. The molecule has 0 aliphatic carbocycles. The van der Waals surface area contributed by atoms with E-state index in [2.05, 4.69) is 15.1 Å². The third kappa shape index (κ3) is 5.25. The van der Waals surface area contributed by atoms with Crippen LogP contribution in [0.1, 0.15) is 24.8 Å². The Balaban J connectivity index is 1.41. The van der Waals surface area contributed by atoms with E-state index in [1.807, 2.05) is 17.0 Å². The molecule has 1 amide bonds. The fraction of sp³-hybridized carbons (Fsp3) is 0.529. The second kappa shape index (κ2) is 8.57. The van der Waals surface area contributed by atoms with E-state index < -0.39 is 0 Å². The lowest BCUT2D eigenvalue weighted by Gasteiger charge is -2.33. The van der Waals surface area contributed by atoms with Crippen LogP contribution in [-0.4, -0.2) is 56.4 Å². The molecule has 0 saturated carbocycles. The van der Waals surface area contributed by atoms with Gasteiger partial charge >= 0.3 is 0 Å². The molecular weight excluding hydrogens is 320 g/mol. The largest absolute Gasteiger partial charge is 0.384 e. The van der Waals surface area contributed by atoms with Crippen LogP contribution in [0.5, 0.6) is 0 Å². The van der Waals surface area contributed by atoms with Crippen molar-refractivity contribution in [1.29, 1.82) is 0 Å². The summed E-state index contributed by atoms with van der Waals surface area (Å²) in [5.74, 6) is 0.716. The number of anilines is 1. The van der Waals surface area contributed by atoms with Gasteiger partial charge in [0.2, 0.25) is 5.91 Å². The third-order valence-electron chi connectivity index (χ3n) is 4.34. The number of amides is 1. The Bertz CT molecular complexity index is 676. The fourth-order valence-electron chi connectivity index (χ4n) is 3.00. The van der Waals surface area contributed by atoms with Gasteiger partial charge in [-0.05, 0) is 37.0 Å². The first-order chi connectivity index (χ1) is 12.2. The summed E-state index contributed by atoms with van der Waals surface area (Å²) in [6, 6.07) is 3.85. The lowest BCUT2D eigenvalue weighted by molar-refractivity contribution is -0.139. The quantitative estimate of drug-likeness (QED) is 0.801. The second-order valence-electron chi connectivity index (χ2n) is 6.22. The molecule has 0 radical (unpaired) electrons. The highest BCUT2D eigenvalue weighted by Gasteiger charge is 2.23. The first-order valence-corrected chi connectivity index (χ1v) is 8.63. The van der Waals surface area contributed by atoms with Gasteiger partial charge < -0.3 is 15.4 Å².